The van der Waals surface area contributed by atoms with Gasteiger partial charge in [-0.05, 0) is 51.4 Å². The zero-order chi connectivity index (χ0) is 13.4. The van der Waals surface area contributed by atoms with Crippen molar-refractivity contribution >= 4 is 0 Å². The zero-order valence-corrected chi connectivity index (χ0v) is 10.8. The maximum Gasteiger partial charge on any atom is 0.394 e. The molecule has 0 bridgehead atoms. The van der Waals surface area contributed by atoms with Crippen molar-refractivity contribution in [3.8, 4) is 0 Å². The van der Waals surface area contributed by atoms with Gasteiger partial charge in [-0.1, -0.05) is 0 Å². The van der Waals surface area contributed by atoms with E-state index < -0.39 is 18.2 Å². The first-order chi connectivity index (χ1) is 8.30. The second kappa shape index (κ2) is 5.00. The molecule has 2 N–H and O–H groups in total. The van der Waals surface area contributed by atoms with Crippen molar-refractivity contribution in [3.05, 3.63) is 0 Å². The summed E-state index contributed by atoms with van der Waals surface area (Å²) in [4.78, 5) is 0. The number of halogens is 3. The van der Waals surface area contributed by atoms with Crippen molar-refractivity contribution in [3.63, 3.8) is 0 Å². The summed E-state index contributed by atoms with van der Waals surface area (Å²) in [5, 5.41) is 0. The molecule has 0 unspecified atom stereocenters. The second-order valence-corrected chi connectivity index (χ2v) is 6.12. The highest BCUT2D eigenvalue weighted by Crippen LogP contribution is 2.43. The van der Waals surface area contributed by atoms with Gasteiger partial charge in [-0.15, -0.1) is 0 Å². The SMILES string of the molecule is CC1(N)CCC([C@@H]2OCCC[C@H]2C(F)(F)F)CC1. The quantitative estimate of drug-likeness (QED) is 0.790. The summed E-state index contributed by atoms with van der Waals surface area (Å²) in [6.07, 6.45) is -0.949. The largest absolute Gasteiger partial charge is 0.394 e. The van der Waals surface area contributed by atoms with Crippen LogP contribution in [-0.4, -0.2) is 24.4 Å². The molecule has 0 amide bonds. The van der Waals surface area contributed by atoms with Gasteiger partial charge in [0.05, 0.1) is 12.0 Å². The Morgan fingerprint density at radius 1 is 1.17 bits per heavy atom. The van der Waals surface area contributed by atoms with E-state index in [4.69, 9.17) is 10.5 Å². The zero-order valence-electron chi connectivity index (χ0n) is 10.8. The van der Waals surface area contributed by atoms with Crippen LogP contribution >= 0.6 is 0 Å². The fraction of sp³-hybridized carbons (Fsp3) is 1.00. The first-order valence-electron chi connectivity index (χ1n) is 6.77. The van der Waals surface area contributed by atoms with E-state index in [0.29, 0.717) is 13.0 Å². The van der Waals surface area contributed by atoms with Gasteiger partial charge < -0.3 is 10.5 Å². The topological polar surface area (TPSA) is 35.2 Å². The summed E-state index contributed by atoms with van der Waals surface area (Å²) < 4.78 is 44.4. The number of hydrogen-bond acceptors (Lipinski definition) is 2. The summed E-state index contributed by atoms with van der Waals surface area (Å²) in [6, 6.07) is 0. The molecule has 0 radical (unpaired) electrons. The lowest BCUT2D eigenvalue weighted by Gasteiger charge is -2.42. The van der Waals surface area contributed by atoms with E-state index in [1.54, 1.807) is 0 Å². The highest BCUT2D eigenvalue weighted by Gasteiger charge is 2.49. The van der Waals surface area contributed by atoms with Crippen molar-refractivity contribution in [2.24, 2.45) is 17.6 Å². The lowest BCUT2D eigenvalue weighted by Crippen LogP contribution is -2.48. The third kappa shape index (κ3) is 3.18. The van der Waals surface area contributed by atoms with E-state index in [-0.39, 0.29) is 17.9 Å². The van der Waals surface area contributed by atoms with E-state index in [9.17, 15) is 13.2 Å². The average Bonchev–Trinajstić information content (AvgIpc) is 2.28. The van der Waals surface area contributed by atoms with Crippen LogP contribution < -0.4 is 5.73 Å². The van der Waals surface area contributed by atoms with Crippen molar-refractivity contribution in [1.82, 2.24) is 0 Å². The molecule has 1 heterocycles. The maximum absolute atomic E-state index is 13.0. The molecule has 18 heavy (non-hydrogen) atoms. The van der Waals surface area contributed by atoms with Gasteiger partial charge in [-0.2, -0.15) is 13.2 Å². The highest BCUT2D eigenvalue weighted by molar-refractivity contribution is 4.92. The lowest BCUT2D eigenvalue weighted by atomic mass is 9.72. The van der Waals surface area contributed by atoms with Crippen LogP contribution in [0.25, 0.3) is 0 Å². The molecular formula is C13H22F3NO. The van der Waals surface area contributed by atoms with Crippen LogP contribution in [0.2, 0.25) is 0 Å². The fourth-order valence-corrected chi connectivity index (χ4v) is 3.25. The minimum Gasteiger partial charge on any atom is -0.377 e. The molecule has 2 nitrogen and oxygen atoms in total. The third-order valence-electron chi connectivity index (χ3n) is 4.42. The van der Waals surface area contributed by atoms with E-state index in [1.165, 1.54) is 0 Å². The predicted molar refractivity (Wildman–Crippen MR) is 63.1 cm³/mol. The molecule has 5 heteroatoms. The van der Waals surface area contributed by atoms with Crippen LogP contribution in [0.15, 0.2) is 0 Å². The molecule has 1 saturated heterocycles. The van der Waals surface area contributed by atoms with Crippen LogP contribution in [0.4, 0.5) is 13.2 Å². The van der Waals surface area contributed by atoms with Gasteiger partial charge in [0.25, 0.3) is 0 Å². The number of nitrogens with two attached hydrogens (primary N) is 1. The molecule has 0 spiro atoms. The van der Waals surface area contributed by atoms with E-state index in [0.717, 1.165) is 25.7 Å². The van der Waals surface area contributed by atoms with Crippen LogP contribution in [0.1, 0.15) is 45.4 Å². The Hall–Kier alpha value is -0.290. The molecule has 0 aromatic rings. The van der Waals surface area contributed by atoms with Gasteiger partial charge in [-0.3, -0.25) is 0 Å². The number of ether oxygens (including phenoxy) is 1. The number of alkyl halides is 3. The Morgan fingerprint density at radius 3 is 2.33 bits per heavy atom. The first kappa shape index (κ1) is 14.1. The minimum atomic E-state index is -4.13. The van der Waals surface area contributed by atoms with E-state index in [2.05, 4.69) is 0 Å². The van der Waals surface area contributed by atoms with Crippen molar-refractivity contribution < 1.29 is 17.9 Å². The van der Waals surface area contributed by atoms with Gasteiger partial charge in [-0.25, -0.2) is 0 Å². The van der Waals surface area contributed by atoms with Gasteiger partial charge in [0.15, 0.2) is 0 Å². The lowest BCUT2D eigenvalue weighted by molar-refractivity contribution is -0.232. The van der Waals surface area contributed by atoms with Crippen LogP contribution in [-0.2, 0) is 4.74 Å². The summed E-state index contributed by atoms with van der Waals surface area (Å²) >= 11 is 0. The Morgan fingerprint density at radius 2 is 1.78 bits per heavy atom. The molecule has 2 fully saturated rings. The standard InChI is InChI=1S/C13H22F3NO/c1-12(17)6-4-9(5-7-12)11-10(13(14,15)16)3-2-8-18-11/h9-11H,2-8,17H2,1H3/t9?,10-,11+,12?/m1/s1. The third-order valence-corrected chi connectivity index (χ3v) is 4.42. The van der Waals surface area contributed by atoms with Crippen LogP contribution in [0.3, 0.4) is 0 Å². The number of hydrogen-bond donors (Lipinski definition) is 1. The molecule has 0 aromatic heterocycles. The van der Waals surface area contributed by atoms with Gasteiger partial charge in [0, 0.05) is 12.1 Å². The highest BCUT2D eigenvalue weighted by atomic mass is 19.4. The summed E-state index contributed by atoms with van der Waals surface area (Å²) in [5.41, 5.74) is 5.82. The fourth-order valence-electron chi connectivity index (χ4n) is 3.25. The van der Waals surface area contributed by atoms with Crippen LogP contribution in [0, 0.1) is 11.8 Å². The summed E-state index contributed by atoms with van der Waals surface area (Å²) in [5.74, 6) is -1.26. The molecular weight excluding hydrogens is 243 g/mol. The summed E-state index contributed by atoms with van der Waals surface area (Å²) in [7, 11) is 0. The Kier molecular flexibility index (Phi) is 3.93. The first-order valence-corrected chi connectivity index (χ1v) is 6.77. The van der Waals surface area contributed by atoms with E-state index in [1.807, 2.05) is 6.92 Å². The Bertz CT molecular complexity index is 280. The number of rotatable bonds is 1. The molecule has 2 rings (SSSR count). The molecule has 106 valence electrons. The monoisotopic (exact) mass is 265 g/mol. The van der Waals surface area contributed by atoms with Crippen molar-refractivity contribution in [2.45, 2.75) is 63.3 Å². The van der Waals surface area contributed by atoms with E-state index >= 15 is 0 Å². The minimum absolute atomic E-state index is 0.0218. The second-order valence-electron chi connectivity index (χ2n) is 6.12. The Balaban J connectivity index is 2.02. The molecule has 1 aliphatic carbocycles. The average molecular weight is 265 g/mol. The molecule has 0 aromatic carbocycles. The van der Waals surface area contributed by atoms with Crippen molar-refractivity contribution in [1.29, 1.82) is 0 Å². The molecule has 1 saturated carbocycles. The van der Waals surface area contributed by atoms with Gasteiger partial charge in [0.2, 0.25) is 0 Å². The summed E-state index contributed by atoms with van der Waals surface area (Å²) in [6.45, 7) is 2.44. The normalized spacial score (nSPS) is 42.8. The van der Waals surface area contributed by atoms with Crippen molar-refractivity contribution in [2.75, 3.05) is 6.61 Å². The van der Waals surface area contributed by atoms with Gasteiger partial charge >= 0.3 is 6.18 Å². The molecule has 1 aliphatic heterocycles. The smallest absolute Gasteiger partial charge is 0.377 e. The molecule has 2 aliphatic rings. The van der Waals surface area contributed by atoms with Gasteiger partial charge in [0.1, 0.15) is 0 Å². The molecule has 2 atom stereocenters. The van der Waals surface area contributed by atoms with Crippen LogP contribution in [0.5, 0.6) is 0 Å². The predicted octanol–water partition coefficient (Wildman–Crippen LogP) is 3.25. The maximum atomic E-state index is 13.0. The Labute approximate surface area is 106 Å².